The maximum Gasteiger partial charge on any atom is 0.322 e. The van der Waals surface area contributed by atoms with Crippen LogP contribution in [0.5, 0.6) is 0 Å². The third-order valence-electron chi connectivity index (χ3n) is 1.87. The van der Waals surface area contributed by atoms with Crippen molar-refractivity contribution in [3.8, 4) is 0 Å². The molecule has 0 radical (unpaired) electrons. The van der Waals surface area contributed by atoms with Crippen LogP contribution in [0, 0.1) is 0 Å². The highest BCUT2D eigenvalue weighted by atomic mass is 79.9. The van der Waals surface area contributed by atoms with Crippen LogP contribution in [0.4, 0.5) is 4.79 Å². The predicted molar refractivity (Wildman–Crippen MR) is 64.6 cm³/mol. The van der Waals surface area contributed by atoms with Gasteiger partial charge in [0.1, 0.15) is 0 Å². The molecule has 0 atom stereocenters. The van der Waals surface area contributed by atoms with Crippen molar-refractivity contribution in [2.24, 2.45) is 5.73 Å². The molecular formula is C9H8BrN3OS. The maximum absolute atomic E-state index is 10.6. The van der Waals surface area contributed by atoms with Gasteiger partial charge in [-0.3, -0.25) is 4.72 Å². The van der Waals surface area contributed by atoms with Gasteiger partial charge in [-0.2, -0.15) is 0 Å². The molecule has 0 saturated carbocycles. The van der Waals surface area contributed by atoms with Crippen LogP contribution in [-0.2, 0) is 0 Å². The van der Waals surface area contributed by atoms with Crippen LogP contribution < -0.4 is 10.5 Å². The van der Waals surface area contributed by atoms with Crippen molar-refractivity contribution in [3.63, 3.8) is 0 Å². The number of aromatic amines is 1. The molecule has 15 heavy (non-hydrogen) atoms. The second-order valence-corrected chi connectivity index (χ2v) is 4.67. The van der Waals surface area contributed by atoms with E-state index < -0.39 is 6.03 Å². The summed E-state index contributed by atoms with van der Waals surface area (Å²) in [6.07, 6.45) is 1.83. The predicted octanol–water partition coefficient (Wildman–Crippen LogP) is 2.61. The summed E-state index contributed by atoms with van der Waals surface area (Å²) < 4.78 is 3.48. The molecule has 2 rings (SSSR count). The number of rotatable bonds is 2. The number of nitrogens with two attached hydrogens (primary N) is 1. The number of urea groups is 1. The van der Waals surface area contributed by atoms with Gasteiger partial charge < -0.3 is 10.7 Å². The molecule has 0 aliphatic rings. The number of hydrogen-bond acceptors (Lipinski definition) is 2. The smallest absolute Gasteiger partial charge is 0.322 e. The second kappa shape index (κ2) is 4.16. The lowest BCUT2D eigenvalue weighted by atomic mass is 10.2. The Balaban J connectivity index is 2.35. The van der Waals surface area contributed by atoms with Gasteiger partial charge >= 0.3 is 6.03 Å². The third-order valence-corrected chi connectivity index (χ3v) is 3.22. The van der Waals surface area contributed by atoms with Crippen LogP contribution >= 0.6 is 27.9 Å². The maximum atomic E-state index is 10.6. The van der Waals surface area contributed by atoms with E-state index in [9.17, 15) is 4.79 Å². The van der Waals surface area contributed by atoms with Crippen LogP contribution in [-0.4, -0.2) is 11.0 Å². The van der Waals surface area contributed by atoms with E-state index in [4.69, 9.17) is 5.73 Å². The highest BCUT2D eigenvalue weighted by Crippen LogP contribution is 2.28. The lowest BCUT2D eigenvalue weighted by Crippen LogP contribution is -2.22. The second-order valence-electron chi connectivity index (χ2n) is 2.91. The monoisotopic (exact) mass is 285 g/mol. The molecule has 0 aliphatic heterocycles. The fourth-order valence-corrected chi connectivity index (χ4v) is 2.23. The number of primary amides is 1. The molecule has 0 fully saturated rings. The molecule has 4 N–H and O–H groups in total. The van der Waals surface area contributed by atoms with Crippen LogP contribution in [0.3, 0.4) is 0 Å². The Bertz CT molecular complexity index is 511. The standard InChI is InChI=1S/C9H8BrN3OS/c10-5-1-2-7-6(3-5)8(4-12-7)15-13-9(11)14/h1-4,12H,(H3,11,13,14). The van der Waals surface area contributed by atoms with Crippen LogP contribution in [0.25, 0.3) is 10.9 Å². The number of benzene rings is 1. The molecule has 1 aromatic heterocycles. The number of carbonyl (C=O) groups excluding carboxylic acids is 1. The van der Waals surface area contributed by atoms with Crippen molar-refractivity contribution in [2.45, 2.75) is 4.90 Å². The Hall–Kier alpha value is -1.14. The van der Waals surface area contributed by atoms with E-state index in [0.29, 0.717) is 0 Å². The number of H-pyrrole nitrogens is 1. The fourth-order valence-electron chi connectivity index (χ4n) is 1.26. The summed E-state index contributed by atoms with van der Waals surface area (Å²) >= 11 is 4.59. The zero-order valence-electron chi connectivity index (χ0n) is 7.58. The minimum absolute atomic E-state index is 0.552. The van der Waals surface area contributed by atoms with Gasteiger partial charge in [0, 0.05) is 21.6 Å². The van der Waals surface area contributed by atoms with E-state index in [-0.39, 0.29) is 0 Å². The van der Waals surface area contributed by atoms with Crippen molar-refractivity contribution in [1.82, 2.24) is 9.71 Å². The van der Waals surface area contributed by atoms with Crippen molar-refractivity contribution in [2.75, 3.05) is 0 Å². The molecule has 0 saturated heterocycles. The first-order valence-corrected chi connectivity index (χ1v) is 5.76. The highest BCUT2D eigenvalue weighted by molar-refractivity contribution is 9.10. The molecule has 4 nitrogen and oxygen atoms in total. The van der Waals surface area contributed by atoms with E-state index in [0.717, 1.165) is 20.3 Å². The largest absolute Gasteiger partial charge is 0.360 e. The first-order valence-electron chi connectivity index (χ1n) is 4.16. The summed E-state index contributed by atoms with van der Waals surface area (Å²) in [5.74, 6) is 0. The lowest BCUT2D eigenvalue weighted by molar-refractivity contribution is 0.254. The molecule has 0 spiro atoms. The quantitative estimate of drug-likeness (QED) is 0.743. The van der Waals surface area contributed by atoms with Gasteiger partial charge in [-0.25, -0.2) is 4.79 Å². The van der Waals surface area contributed by atoms with Crippen LogP contribution in [0.2, 0.25) is 0 Å². The highest BCUT2D eigenvalue weighted by Gasteiger charge is 2.05. The van der Waals surface area contributed by atoms with Gasteiger partial charge in [-0.15, -0.1) is 0 Å². The van der Waals surface area contributed by atoms with E-state index in [2.05, 4.69) is 25.6 Å². The number of hydrogen-bond donors (Lipinski definition) is 3. The van der Waals surface area contributed by atoms with Crippen molar-refractivity contribution >= 4 is 44.8 Å². The van der Waals surface area contributed by atoms with E-state index in [1.807, 2.05) is 24.4 Å². The first-order chi connectivity index (χ1) is 7.16. The van der Waals surface area contributed by atoms with Gasteiger partial charge in [-0.1, -0.05) is 15.9 Å². The topological polar surface area (TPSA) is 70.9 Å². The van der Waals surface area contributed by atoms with Crippen LogP contribution in [0.1, 0.15) is 0 Å². The first kappa shape index (κ1) is 10.4. The number of amides is 2. The Morgan fingerprint density at radius 2 is 2.33 bits per heavy atom. The molecule has 1 heterocycles. The number of fused-ring (bicyclic) bond motifs is 1. The molecule has 78 valence electrons. The Kier molecular flexibility index (Phi) is 2.88. The number of aromatic nitrogens is 1. The number of nitrogens with one attached hydrogen (secondary N) is 2. The van der Waals surface area contributed by atoms with Gasteiger partial charge in [-0.05, 0) is 30.1 Å². The summed E-state index contributed by atoms with van der Waals surface area (Å²) in [7, 11) is 0. The van der Waals surface area contributed by atoms with Crippen molar-refractivity contribution in [1.29, 1.82) is 0 Å². The van der Waals surface area contributed by atoms with E-state index in [1.54, 1.807) is 0 Å². The summed E-state index contributed by atoms with van der Waals surface area (Å²) in [5, 5.41) is 1.04. The molecule has 1 aromatic carbocycles. The van der Waals surface area contributed by atoms with E-state index in [1.165, 1.54) is 11.9 Å². The van der Waals surface area contributed by atoms with E-state index >= 15 is 0 Å². The third kappa shape index (κ3) is 2.27. The lowest BCUT2D eigenvalue weighted by Gasteiger charge is -1.98. The molecular weight excluding hydrogens is 278 g/mol. The van der Waals surface area contributed by atoms with Crippen LogP contribution in [0.15, 0.2) is 33.8 Å². The SMILES string of the molecule is NC(=O)NSc1c[nH]c2ccc(Br)cc12. The van der Waals surface area contributed by atoms with Gasteiger partial charge in [0.05, 0.1) is 4.90 Å². The molecule has 2 amide bonds. The Labute approximate surface area is 98.9 Å². The zero-order valence-corrected chi connectivity index (χ0v) is 9.98. The van der Waals surface area contributed by atoms with Crippen molar-refractivity contribution < 1.29 is 4.79 Å². The summed E-state index contributed by atoms with van der Waals surface area (Å²) in [6.45, 7) is 0. The average Bonchev–Trinajstić information content (AvgIpc) is 2.57. The summed E-state index contributed by atoms with van der Waals surface area (Å²) in [4.78, 5) is 14.6. The van der Waals surface area contributed by atoms with Gasteiger partial charge in [0.2, 0.25) is 0 Å². The molecule has 2 aromatic rings. The molecule has 0 unspecified atom stereocenters. The number of halogens is 1. The average molecular weight is 286 g/mol. The summed E-state index contributed by atoms with van der Waals surface area (Å²) in [5.41, 5.74) is 6.01. The van der Waals surface area contributed by atoms with Gasteiger partial charge in [0.15, 0.2) is 0 Å². The zero-order chi connectivity index (χ0) is 10.8. The Morgan fingerprint density at radius 1 is 1.53 bits per heavy atom. The van der Waals surface area contributed by atoms with Crippen molar-refractivity contribution in [3.05, 3.63) is 28.9 Å². The minimum atomic E-state index is -0.552. The summed E-state index contributed by atoms with van der Waals surface area (Å²) in [6, 6.07) is 5.35. The fraction of sp³-hybridized carbons (Fsp3) is 0. The Morgan fingerprint density at radius 3 is 3.07 bits per heavy atom. The molecule has 0 aliphatic carbocycles. The number of carbonyl (C=O) groups is 1. The minimum Gasteiger partial charge on any atom is -0.360 e. The normalized spacial score (nSPS) is 10.5. The molecule has 0 bridgehead atoms. The van der Waals surface area contributed by atoms with Gasteiger partial charge in [0.25, 0.3) is 0 Å². The molecule has 6 heteroatoms.